The Kier molecular flexibility index (Phi) is 8.76. The Balaban J connectivity index is 1.41. The molecule has 1 atom stereocenters. The zero-order valence-corrected chi connectivity index (χ0v) is 19.8. The molecule has 2 heterocycles. The number of piperidine rings is 2. The van der Waals surface area contributed by atoms with Crippen molar-refractivity contribution in [3.8, 4) is 0 Å². The van der Waals surface area contributed by atoms with Crippen LogP contribution < -0.4 is 0 Å². The highest BCUT2D eigenvalue weighted by Gasteiger charge is 2.25. The highest BCUT2D eigenvalue weighted by molar-refractivity contribution is 5.76. The first-order valence-corrected chi connectivity index (χ1v) is 12.1. The quantitative estimate of drug-likeness (QED) is 0.631. The van der Waals surface area contributed by atoms with E-state index in [-0.39, 0.29) is 0 Å². The zero-order chi connectivity index (χ0) is 21.5. The molecule has 2 fully saturated rings. The molecule has 2 aliphatic rings. The maximum atomic E-state index is 12.7. The van der Waals surface area contributed by atoms with Gasteiger partial charge in [0.15, 0.2) is 0 Å². The van der Waals surface area contributed by atoms with Crippen molar-refractivity contribution >= 4 is 5.91 Å². The lowest BCUT2D eigenvalue weighted by Gasteiger charge is -2.36. The monoisotopic (exact) mass is 413 g/mol. The van der Waals surface area contributed by atoms with Crippen LogP contribution in [-0.2, 0) is 17.8 Å². The van der Waals surface area contributed by atoms with Crippen LogP contribution in [0.2, 0.25) is 0 Å². The summed E-state index contributed by atoms with van der Waals surface area (Å²) in [5, 5.41) is 0. The Morgan fingerprint density at radius 3 is 2.40 bits per heavy atom. The number of amides is 1. The van der Waals surface area contributed by atoms with Crippen molar-refractivity contribution in [2.75, 3.05) is 40.3 Å². The van der Waals surface area contributed by atoms with Gasteiger partial charge in [-0.25, -0.2) is 0 Å². The second kappa shape index (κ2) is 11.3. The Morgan fingerprint density at radius 2 is 1.73 bits per heavy atom. The van der Waals surface area contributed by atoms with Crippen LogP contribution in [0.4, 0.5) is 0 Å². The van der Waals surface area contributed by atoms with Crippen LogP contribution in [0, 0.1) is 11.8 Å². The summed E-state index contributed by atoms with van der Waals surface area (Å²) < 4.78 is 0. The van der Waals surface area contributed by atoms with Crippen LogP contribution >= 0.6 is 0 Å². The lowest BCUT2D eigenvalue weighted by atomic mass is 9.92. The summed E-state index contributed by atoms with van der Waals surface area (Å²) in [6, 6.07) is 9.65. The van der Waals surface area contributed by atoms with Crippen LogP contribution in [0.5, 0.6) is 0 Å². The average molecular weight is 414 g/mol. The molecule has 30 heavy (non-hydrogen) atoms. The normalized spacial score (nSPS) is 21.8. The first-order chi connectivity index (χ1) is 14.4. The molecule has 1 aromatic rings. The number of carbonyl (C=O) groups is 1. The lowest BCUT2D eigenvalue weighted by molar-refractivity contribution is -0.133. The Morgan fingerprint density at radius 1 is 1.07 bits per heavy atom. The van der Waals surface area contributed by atoms with Gasteiger partial charge in [-0.3, -0.25) is 9.69 Å². The van der Waals surface area contributed by atoms with E-state index in [1.807, 2.05) is 11.9 Å². The third kappa shape index (κ3) is 7.09. The van der Waals surface area contributed by atoms with Gasteiger partial charge in [-0.1, -0.05) is 38.1 Å². The van der Waals surface area contributed by atoms with Gasteiger partial charge in [0.1, 0.15) is 0 Å². The topological polar surface area (TPSA) is 26.8 Å². The smallest absolute Gasteiger partial charge is 0.222 e. The molecule has 0 N–H and O–H groups in total. The molecule has 2 aliphatic heterocycles. The largest absolute Gasteiger partial charge is 0.343 e. The van der Waals surface area contributed by atoms with Crippen molar-refractivity contribution in [1.82, 2.24) is 14.7 Å². The summed E-state index contributed by atoms with van der Waals surface area (Å²) in [4.78, 5) is 19.8. The molecule has 2 saturated heterocycles. The molecule has 4 heteroatoms. The van der Waals surface area contributed by atoms with Gasteiger partial charge >= 0.3 is 0 Å². The zero-order valence-electron chi connectivity index (χ0n) is 19.8. The Bertz CT molecular complexity index is 649. The summed E-state index contributed by atoms with van der Waals surface area (Å²) in [5.41, 5.74) is 2.86. The number of likely N-dealkylation sites (tertiary alicyclic amines) is 2. The molecule has 4 nitrogen and oxygen atoms in total. The highest BCUT2D eigenvalue weighted by atomic mass is 16.2. The van der Waals surface area contributed by atoms with Gasteiger partial charge in [0.05, 0.1) is 0 Å². The summed E-state index contributed by atoms with van der Waals surface area (Å²) in [6.07, 6.45) is 7.68. The van der Waals surface area contributed by atoms with Crippen molar-refractivity contribution in [2.24, 2.45) is 11.8 Å². The van der Waals surface area contributed by atoms with Crippen LogP contribution in [0.3, 0.4) is 0 Å². The Hall–Kier alpha value is -1.39. The second-order valence-electron chi connectivity index (χ2n) is 10.2. The van der Waals surface area contributed by atoms with E-state index in [0.29, 0.717) is 30.2 Å². The van der Waals surface area contributed by atoms with Gasteiger partial charge < -0.3 is 9.80 Å². The molecule has 0 aliphatic carbocycles. The molecule has 1 amide bonds. The summed E-state index contributed by atoms with van der Waals surface area (Å²) >= 11 is 0. The summed E-state index contributed by atoms with van der Waals surface area (Å²) in [6.45, 7) is 10.1. The van der Waals surface area contributed by atoms with E-state index in [9.17, 15) is 4.79 Å². The van der Waals surface area contributed by atoms with Gasteiger partial charge in [-0.2, -0.15) is 0 Å². The van der Waals surface area contributed by atoms with Crippen LogP contribution in [0.25, 0.3) is 0 Å². The highest BCUT2D eigenvalue weighted by Crippen LogP contribution is 2.24. The van der Waals surface area contributed by atoms with Crippen LogP contribution in [0.1, 0.15) is 63.5 Å². The molecule has 0 spiro atoms. The minimum atomic E-state index is 0.349. The van der Waals surface area contributed by atoms with Crippen molar-refractivity contribution in [1.29, 1.82) is 0 Å². The molecule has 0 radical (unpaired) electrons. The number of benzene rings is 1. The van der Waals surface area contributed by atoms with Crippen molar-refractivity contribution in [3.05, 3.63) is 35.4 Å². The number of hydrogen-bond donors (Lipinski definition) is 0. The predicted octanol–water partition coefficient (Wildman–Crippen LogP) is 4.43. The van der Waals surface area contributed by atoms with E-state index in [0.717, 1.165) is 51.9 Å². The van der Waals surface area contributed by atoms with Gasteiger partial charge in [0.2, 0.25) is 5.91 Å². The molecular weight excluding hydrogens is 370 g/mol. The van der Waals surface area contributed by atoms with Crippen molar-refractivity contribution in [3.63, 3.8) is 0 Å². The van der Waals surface area contributed by atoms with Gasteiger partial charge in [0, 0.05) is 32.6 Å². The second-order valence-corrected chi connectivity index (χ2v) is 10.2. The van der Waals surface area contributed by atoms with Gasteiger partial charge in [-0.05, 0) is 88.2 Å². The van der Waals surface area contributed by atoms with Crippen molar-refractivity contribution < 1.29 is 4.79 Å². The lowest BCUT2D eigenvalue weighted by Crippen LogP contribution is -2.44. The fraction of sp³-hybridized carbons (Fsp3) is 0.731. The number of hydrogen-bond acceptors (Lipinski definition) is 3. The predicted molar refractivity (Wildman–Crippen MR) is 126 cm³/mol. The summed E-state index contributed by atoms with van der Waals surface area (Å²) in [7, 11) is 4.20. The molecule has 0 bridgehead atoms. The molecule has 168 valence electrons. The fourth-order valence-electron chi connectivity index (χ4n) is 5.13. The van der Waals surface area contributed by atoms with E-state index in [1.54, 1.807) is 0 Å². The number of carbonyl (C=O) groups excluding carboxylic acids is 1. The average Bonchev–Trinajstić information content (AvgIpc) is 2.73. The third-order valence-corrected chi connectivity index (χ3v) is 7.07. The molecule has 1 unspecified atom stereocenters. The molecule has 0 saturated carbocycles. The number of rotatable bonds is 8. The van der Waals surface area contributed by atoms with Crippen LogP contribution in [-0.4, -0.2) is 66.9 Å². The van der Waals surface area contributed by atoms with Crippen molar-refractivity contribution in [2.45, 2.75) is 71.4 Å². The van der Waals surface area contributed by atoms with E-state index >= 15 is 0 Å². The maximum absolute atomic E-state index is 12.7. The first-order valence-electron chi connectivity index (χ1n) is 12.1. The maximum Gasteiger partial charge on any atom is 0.222 e. The SMILES string of the molecule is CC(C)Cc1ccc(CN2CCCC(CCC(=O)N(C)C3CCN(C)CC3)C2)cc1. The third-order valence-electron chi connectivity index (χ3n) is 7.07. The summed E-state index contributed by atoms with van der Waals surface area (Å²) in [5.74, 6) is 1.72. The minimum Gasteiger partial charge on any atom is -0.343 e. The Labute approximate surface area is 184 Å². The first kappa shape index (κ1) is 23.3. The van der Waals surface area contributed by atoms with E-state index < -0.39 is 0 Å². The standard InChI is InChI=1S/C26H43N3O/c1-21(2)18-22-7-9-24(10-8-22)20-29-15-5-6-23(19-29)11-12-26(30)28(4)25-13-16-27(3)17-14-25/h7-10,21,23,25H,5-6,11-20H2,1-4H3. The minimum absolute atomic E-state index is 0.349. The molecular formula is C26H43N3O. The van der Waals surface area contributed by atoms with E-state index in [1.165, 1.54) is 30.5 Å². The number of nitrogens with zero attached hydrogens (tertiary/aromatic N) is 3. The fourth-order valence-corrected chi connectivity index (χ4v) is 5.13. The van der Waals surface area contributed by atoms with Gasteiger partial charge in [-0.15, -0.1) is 0 Å². The van der Waals surface area contributed by atoms with Crippen LogP contribution in [0.15, 0.2) is 24.3 Å². The van der Waals surface area contributed by atoms with Gasteiger partial charge in [0.25, 0.3) is 0 Å². The molecule has 1 aromatic carbocycles. The van der Waals surface area contributed by atoms with E-state index in [4.69, 9.17) is 0 Å². The molecule has 3 rings (SSSR count). The molecule has 0 aromatic heterocycles. The van der Waals surface area contributed by atoms with E-state index in [2.05, 4.69) is 55.0 Å².